The van der Waals surface area contributed by atoms with Gasteiger partial charge in [0.25, 0.3) is 0 Å². The van der Waals surface area contributed by atoms with E-state index in [1.165, 1.54) is 11.3 Å². The maximum Gasteiger partial charge on any atom is 0.140 e. The van der Waals surface area contributed by atoms with Crippen molar-refractivity contribution >= 4 is 36.3 Å². The predicted molar refractivity (Wildman–Crippen MR) is 113 cm³/mol. The second-order valence-electron chi connectivity index (χ2n) is 8.00. The Kier molecular flexibility index (Phi) is 5.90. The Morgan fingerprint density at radius 2 is 2.04 bits per heavy atom. The van der Waals surface area contributed by atoms with Crippen molar-refractivity contribution in [3.05, 3.63) is 47.4 Å². The van der Waals surface area contributed by atoms with E-state index >= 15 is 0 Å². The molecule has 1 spiro atoms. The lowest BCUT2D eigenvalue weighted by Crippen LogP contribution is -2.34. The van der Waals surface area contributed by atoms with Gasteiger partial charge in [-0.3, -0.25) is 0 Å². The van der Waals surface area contributed by atoms with Gasteiger partial charge in [-0.05, 0) is 30.4 Å². The van der Waals surface area contributed by atoms with Crippen LogP contribution in [0.4, 0.5) is 11.5 Å². The first kappa shape index (κ1) is 21.3. The van der Waals surface area contributed by atoms with Gasteiger partial charge in [0.1, 0.15) is 12.1 Å². The molecule has 1 aromatic carbocycles. The number of fused-ring (bicyclic) bond motifs is 3. The SMILES string of the molecule is C[C@@H]1C[C@@H](O)c2ncnc(N3C[C@]4(CN[C@H](CO)C4)c4ccccc43)c21.Cl.Cl. The van der Waals surface area contributed by atoms with E-state index in [9.17, 15) is 10.2 Å². The number of rotatable bonds is 2. The van der Waals surface area contributed by atoms with E-state index in [0.29, 0.717) is 6.42 Å². The van der Waals surface area contributed by atoms with Gasteiger partial charge < -0.3 is 20.4 Å². The van der Waals surface area contributed by atoms with Gasteiger partial charge in [-0.25, -0.2) is 9.97 Å². The summed E-state index contributed by atoms with van der Waals surface area (Å²) in [6, 6.07) is 8.65. The summed E-state index contributed by atoms with van der Waals surface area (Å²) >= 11 is 0. The molecule has 0 bridgehead atoms. The first-order valence-electron chi connectivity index (χ1n) is 9.37. The number of benzene rings is 1. The number of para-hydroxylation sites is 1. The van der Waals surface area contributed by atoms with E-state index in [1.807, 2.05) is 0 Å². The number of hydrogen-bond acceptors (Lipinski definition) is 6. The lowest BCUT2D eigenvalue weighted by atomic mass is 9.80. The molecular weight excluding hydrogens is 399 g/mol. The van der Waals surface area contributed by atoms with Crippen molar-refractivity contribution in [1.29, 1.82) is 0 Å². The zero-order valence-electron chi connectivity index (χ0n) is 15.7. The van der Waals surface area contributed by atoms with Crippen LogP contribution in [0, 0.1) is 0 Å². The molecule has 3 N–H and O–H groups in total. The molecule has 8 heteroatoms. The fourth-order valence-corrected chi connectivity index (χ4v) is 5.15. The molecule has 6 nitrogen and oxygen atoms in total. The van der Waals surface area contributed by atoms with Crippen molar-refractivity contribution in [2.45, 2.75) is 43.2 Å². The predicted octanol–water partition coefficient (Wildman–Crippen LogP) is 2.60. The minimum absolute atomic E-state index is 0. The number of halogens is 2. The lowest BCUT2D eigenvalue weighted by molar-refractivity contribution is 0.170. The minimum Gasteiger partial charge on any atom is -0.395 e. The monoisotopic (exact) mass is 424 g/mol. The molecule has 1 aliphatic carbocycles. The molecule has 2 aromatic rings. The van der Waals surface area contributed by atoms with Gasteiger partial charge >= 0.3 is 0 Å². The van der Waals surface area contributed by atoms with Crippen LogP contribution in [0.5, 0.6) is 0 Å². The Labute approximate surface area is 177 Å². The molecule has 1 aromatic heterocycles. The van der Waals surface area contributed by atoms with E-state index in [0.717, 1.165) is 36.6 Å². The average Bonchev–Trinajstić information content (AvgIpc) is 3.32. The Balaban J connectivity index is 0.00000112. The highest BCUT2D eigenvalue weighted by molar-refractivity contribution is 5.85. The summed E-state index contributed by atoms with van der Waals surface area (Å²) in [5.41, 5.74) is 4.35. The third kappa shape index (κ3) is 2.99. The number of aromatic nitrogens is 2. The largest absolute Gasteiger partial charge is 0.395 e. The van der Waals surface area contributed by atoms with Crippen LogP contribution in [-0.2, 0) is 5.41 Å². The summed E-state index contributed by atoms with van der Waals surface area (Å²) in [5.74, 6) is 1.17. The zero-order chi connectivity index (χ0) is 17.9. The van der Waals surface area contributed by atoms with Crippen LogP contribution >= 0.6 is 24.8 Å². The summed E-state index contributed by atoms with van der Waals surface area (Å²) < 4.78 is 0. The molecule has 3 aliphatic rings. The van der Waals surface area contributed by atoms with Crippen molar-refractivity contribution in [3.63, 3.8) is 0 Å². The molecule has 3 heterocycles. The van der Waals surface area contributed by atoms with Crippen LogP contribution in [0.2, 0.25) is 0 Å². The van der Waals surface area contributed by atoms with Crippen LogP contribution in [0.25, 0.3) is 0 Å². The average molecular weight is 425 g/mol. The molecule has 152 valence electrons. The molecule has 0 unspecified atom stereocenters. The summed E-state index contributed by atoms with van der Waals surface area (Å²) in [6.07, 6.45) is 2.70. The Morgan fingerprint density at radius 3 is 2.79 bits per heavy atom. The van der Waals surface area contributed by atoms with Crippen LogP contribution in [0.3, 0.4) is 0 Å². The Morgan fingerprint density at radius 1 is 1.25 bits per heavy atom. The summed E-state index contributed by atoms with van der Waals surface area (Å²) in [6.45, 7) is 3.99. The maximum absolute atomic E-state index is 10.3. The van der Waals surface area contributed by atoms with Crippen LogP contribution in [0.15, 0.2) is 30.6 Å². The third-order valence-corrected chi connectivity index (χ3v) is 6.35. The van der Waals surface area contributed by atoms with Gasteiger partial charge in [-0.1, -0.05) is 25.1 Å². The lowest BCUT2D eigenvalue weighted by Gasteiger charge is -2.26. The highest BCUT2D eigenvalue weighted by atomic mass is 35.5. The van der Waals surface area contributed by atoms with Gasteiger partial charge in [0.15, 0.2) is 0 Å². The standard InChI is InChI=1S/C20H24N4O2.2ClH/c1-12-6-16(26)18-17(12)19(23-11-22-18)24-10-20(7-13(8-25)21-9-20)14-4-2-3-5-15(14)24;;/h2-5,11-13,16,21,25-26H,6-10H2,1H3;2*1H/t12-,13+,16-,20+;;/m1../s1. The quantitative estimate of drug-likeness (QED) is 0.687. The number of hydrogen-bond donors (Lipinski definition) is 3. The minimum atomic E-state index is -0.500. The highest BCUT2D eigenvalue weighted by Crippen LogP contribution is 2.51. The number of anilines is 2. The normalized spacial score (nSPS) is 30.0. The van der Waals surface area contributed by atoms with Crippen molar-refractivity contribution < 1.29 is 10.2 Å². The molecule has 1 saturated heterocycles. The van der Waals surface area contributed by atoms with E-state index in [4.69, 9.17) is 0 Å². The number of nitrogens with zero attached hydrogens (tertiary/aromatic N) is 3. The van der Waals surface area contributed by atoms with Gasteiger partial charge in [0, 0.05) is 35.8 Å². The number of aliphatic hydroxyl groups excluding tert-OH is 2. The Hall–Kier alpha value is -1.44. The first-order chi connectivity index (χ1) is 12.6. The van der Waals surface area contributed by atoms with E-state index < -0.39 is 6.10 Å². The highest BCUT2D eigenvalue weighted by Gasteiger charge is 2.49. The van der Waals surface area contributed by atoms with Crippen molar-refractivity contribution in [3.8, 4) is 0 Å². The maximum atomic E-state index is 10.3. The van der Waals surface area contributed by atoms with E-state index in [-0.39, 0.29) is 48.8 Å². The van der Waals surface area contributed by atoms with Crippen molar-refractivity contribution in [2.75, 3.05) is 24.6 Å². The fraction of sp³-hybridized carbons (Fsp3) is 0.500. The summed E-state index contributed by atoms with van der Waals surface area (Å²) in [4.78, 5) is 11.3. The molecule has 28 heavy (non-hydrogen) atoms. The second-order valence-corrected chi connectivity index (χ2v) is 8.00. The van der Waals surface area contributed by atoms with Gasteiger partial charge in [0.2, 0.25) is 0 Å². The molecule has 5 rings (SSSR count). The zero-order valence-corrected chi connectivity index (χ0v) is 17.3. The first-order valence-corrected chi connectivity index (χ1v) is 9.37. The molecule has 0 amide bonds. The van der Waals surface area contributed by atoms with Gasteiger partial charge in [-0.2, -0.15) is 0 Å². The number of nitrogens with one attached hydrogen (secondary N) is 1. The molecular formula is C20H26Cl2N4O2. The van der Waals surface area contributed by atoms with Gasteiger partial charge in [-0.15, -0.1) is 24.8 Å². The van der Waals surface area contributed by atoms with Crippen molar-refractivity contribution in [1.82, 2.24) is 15.3 Å². The molecule has 0 saturated carbocycles. The fourth-order valence-electron chi connectivity index (χ4n) is 5.15. The molecule has 2 aliphatic heterocycles. The molecule has 0 radical (unpaired) electrons. The Bertz CT molecular complexity index is 868. The topological polar surface area (TPSA) is 81.5 Å². The van der Waals surface area contributed by atoms with E-state index in [2.05, 4.69) is 51.4 Å². The second kappa shape index (κ2) is 7.76. The molecule has 1 fully saturated rings. The van der Waals surface area contributed by atoms with Gasteiger partial charge in [0.05, 0.1) is 18.4 Å². The van der Waals surface area contributed by atoms with Crippen LogP contribution in [0.1, 0.15) is 48.6 Å². The number of aliphatic hydroxyl groups is 2. The van der Waals surface area contributed by atoms with Crippen LogP contribution in [-0.4, -0.2) is 45.9 Å². The van der Waals surface area contributed by atoms with Crippen molar-refractivity contribution in [2.24, 2.45) is 0 Å². The summed E-state index contributed by atoms with van der Waals surface area (Å²) in [7, 11) is 0. The summed E-state index contributed by atoms with van der Waals surface area (Å²) in [5, 5.41) is 23.4. The van der Waals surface area contributed by atoms with Crippen LogP contribution < -0.4 is 10.2 Å². The molecule has 4 atom stereocenters. The third-order valence-electron chi connectivity index (χ3n) is 6.35. The smallest absolute Gasteiger partial charge is 0.140 e. The van der Waals surface area contributed by atoms with E-state index in [1.54, 1.807) is 6.33 Å².